The predicted octanol–water partition coefficient (Wildman–Crippen LogP) is 9.40. The van der Waals surface area contributed by atoms with E-state index >= 15 is 0 Å². The van der Waals surface area contributed by atoms with E-state index in [1.165, 1.54) is 10.4 Å². The zero-order chi connectivity index (χ0) is 29.0. The second-order valence-electron chi connectivity index (χ2n) is 11.3. The van der Waals surface area contributed by atoms with Crippen LogP contribution in [0.25, 0.3) is 11.1 Å². The van der Waals surface area contributed by atoms with Crippen molar-refractivity contribution in [2.24, 2.45) is 0 Å². The summed E-state index contributed by atoms with van der Waals surface area (Å²) in [5.74, 6) is 3.68. The zero-order valence-corrected chi connectivity index (χ0v) is 25.6. The lowest BCUT2D eigenvalue weighted by atomic mass is 10.0. The molecule has 0 fully saturated rings. The van der Waals surface area contributed by atoms with Crippen molar-refractivity contribution in [2.75, 3.05) is 4.90 Å². The van der Waals surface area contributed by atoms with Gasteiger partial charge in [-0.15, -0.1) is 0 Å². The average molecular weight is 593 g/mol. The van der Waals surface area contributed by atoms with Gasteiger partial charge < -0.3 is 14.4 Å². The summed E-state index contributed by atoms with van der Waals surface area (Å²) in [7, 11) is -1.99. The number of anilines is 3. The van der Waals surface area contributed by atoms with Gasteiger partial charge >= 0.3 is 0 Å². The predicted molar refractivity (Wildman–Crippen MR) is 178 cm³/mol. The lowest BCUT2D eigenvalue weighted by Crippen LogP contribution is -2.56. The Hall–Kier alpha value is -4.78. The van der Waals surface area contributed by atoms with Crippen molar-refractivity contribution in [2.45, 2.75) is 22.9 Å². The first-order chi connectivity index (χ1) is 21.1. The molecule has 0 atom stereocenters. The summed E-state index contributed by atoms with van der Waals surface area (Å²) in [6.07, 6.45) is 3.71. The molecule has 2 aliphatic rings. The van der Waals surface area contributed by atoms with Gasteiger partial charge in [-0.25, -0.2) is 0 Å². The quantitative estimate of drug-likeness (QED) is 0.190. The molecule has 5 aromatic carbocycles. The number of para-hydroxylation sites is 4. The highest BCUT2D eigenvalue weighted by molar-refractivity contribution is 7.99. The van der Waals surface area contributed by atoms with Gasteiger partial charge in [0.25, 0.3) is 0 Å². The number of hydrogen-bond donors (Lipinski definition) is 0. The Morgan fingerprint density at radius 3 is 2.16 bits per heavy atom. The molecule has 0 N–H and O–H groups in total. The summed E-state index contributed by atoms with van der Waals surface area (Å²) in [6, 6.07) is 42.3. The van der Waals surface area contributed by atoms with Gasteiger partial charge in [0.1, 0.15) is 25.3 Å². The number of ether oxygens (including phenoxy) is 2. The van der Waals surface area contributed by atoms with Gasteiger partial charge in [0.2, 0.25) is 0 Å². The van der Waals surface area contributed by atoms with E-state index in [4.69, 9.17) is 9.47 Å². The number of rotatable bonds is 4. The van der Waals surface area contributed by atoms with Crippen LogP contribution >= 0.6 is 11.8 Å². The van der Waals surface area contributed by atoms with Crippen LogP contribution in [0.4, 0.5) is 17.1 Å². The highest BCUT2D eigenvalue weighted by Crippen LogP contribution is 2.51. The molecule has 0 spiro atoms. The standard InChI is InChI=1S/C37H28N2O2SSi/c1-43(2)34-17-6-4-14-31(34)41-37-29(12-8-18-35(37)43)39(27-10-9-23-38-24-27)26-21-19-25(20-22-26)28-11-7-16-33-36(28)40-30-13-3-5-15-32(30)42-33/h3-24H,1-2H3. The Balaban J connectivity index is 1.23. The molecule has 0 bridgehead atoms. The third-order valence-electron chi connectivity index (χ3n) is 8.28. The molecular formula is C37H28N2O2SSi. The topological polar surface area (TPSA) is 34.6 Å². The molecule has 6 heteroatoms. The number of aromatic nitrogens is 1. The van der Waals surface area contributed by atoms with E-state index in [-0.39, 0.29) is 0 Å². The first-order valence-corrected chi connectivity index (χ1v) is 18.2. The highest BCUT2D eigenvalue weighted by atomic mass is 32.2. The van der Waals surface area contributed by atoms with Crippen LogP contribution in [0.1, 0.15) is 0 Å². The van der Waals surface area contributed by atoms with E-state index in [1.54, 1.807) is 11.8 Å². The summed E-state index contributed by atoms with van der Waals surface area (Å²) in [6.45, 7) is 4.80. The lowest BCUT2D eigenvalue weighted by Gasteiger charge is -2.36. The molecule has 8 rings (SSSR count). The summed E-state index contributed by atoms with van der Waals surface area (Å²) >= 11 is 1.75. The monoisotopic (exact) mass is 592 g/mol. The van der Waals surface area contributed by atoms with Gasteiger partial charge in [-0.05, 0) is 70.5 Å². The molecule has 3 heterocycles. The van der Waals surface area contributed by atoms with E-state index in [2.05, 4.69) is 120 Å². The Kier molecular flexibility index (Phi) is 6.13. The van der Waals surface area contributed by atoms with Gasteiger partial charge in [0, 0.05) is 17.4 Å². The lowest BCUT2D eigenvalue weighted by molar-refractivity contribution is 0.456. The summed E-state index contributed by atoms with van der Waals surface area (Å²) < 4.78 is 13.1. The van der Waals surface area contributed by atoms with Crippen LogP contribution in [0.2, 0.25) is 13.1 Å². The van der Waals surface area contributed by atoms with Crippen LogP contribution in [0.5, 0.6) is 23.0 Å². The average Bonchev–Trinajstić information content (AvgIpc) is 3.05. The first kappa shape index (κ1) is 25.9. The van der Waals surface area contributed by atoms with Crippen molar-refractivity contribution >= 4 is 47.3 Å². The third-order valence-corrected chi connectivity index (χ3v) is 12.9. The fourth-order valence-electron chi connectivity index (χ4n) is 6.11. The van der Waals surface area contributed by atoms with Crippen LogP contribution in [-0.2, 0) is 0 Å². The van der Waals surface area contributed by atoms with Crippen molar-refractivity contribution in [3.05, 3.63) is 134 Å². The number of nitrogens with zero attached hydrogens (tertiary/aromatic N) is 2. The van der Waals surface area contributed by atoms with Crippen molar-refractivity contribution in [3.8, 4) is 34.1 Å². The molecule has 208 valence electrons. The maximum atomic E-state index is 6.71. The minimum Gasteiger partial charge on any atom is -0.455 e. The third kappa shape index (κ3) is 4.33. The zero-order valence-electron chi connectivity index (χ0n) is 23.8. The highest BCUT2D eigenvalue weighted by Gasteiger charge is 2.38. The summed E-state index contributed by atoms with van der Waals surface area (Å²) in [5.41, 5.74) is 5.17. The van der Waals surface area contributed by atoms with Gasteiger partial charge in [0.05, 0.1) is 27.4 Å². The second kappa shape index (κ2) is 10.2. The molecule has 0 saturated heterocycles. The normalized spacial score (nSPS) is 13.8. The van der Waals surface area contributed by atoms with Gasteiger partial charge in [0.15, 0.2) is 5.75 Å². The molecule has 0 unspecified atom stereocenters. The molecule has 6 aromatic rings. The molecule has 0 amide bonds. The Morgan fingerprint density at radius 2 is 1.33 bits per heavy atom. The molecule has 0 aliphatic carbocycles. The number of fused-ring (bicyclic) bond motifs is 4. The molecule has 0 radical (unpaired) electrons. The number of pyridine rings is 1. The van der Waals surface area contributed by atoms with Crippen LogP contribution in [0.15, 0.2) is 144 Å². The second-order valence-corrected chi connectivity index (χ2v) is 16.7. The summed E-state index contributed by atoms with van der Waals surface area (Å²) in [4.78, 5) is 8.98. The molecular weight excluding hydrogens is 565 g/mol. The molecule has 2 aliphatic heterocycles. The van der Waals surface area contributed by atoms with Crippen molar-refractivity contribution in [1.82, 2.24) is 4.98 Å². The minimum atomic E-state index is -1.99. The molecule has 1 aromatic heterocycles. The van der Waals surface area contributed by atoms with E-state index in [0.717, 1.165) is 61.0 Å². The van der Waals surface area contributed by atoms with Crippen molar-refractivity contribution in [1.29, 1.82) is 0 Å². The van der Waals surface area contributed by atoms with E-state index in [9.17, 15) is 0 Å². The van der Waals surface area contributed by atoms with Crippen LogP contribution < -0.4 is 24.7 Å². The Labute approximate surface area is 256 Å². The smallest absolute Gasteiger partial charge is 0.151 e. The Morgan fingerprint density at radius 1 is 0.605 bits per heavy atom. The van der Waals surface area contributed by atoms with E-state index in [0.29, 0.717) is 0 Å². The largest absolute Gasteiger partial charge is 0.455 e. The molecule has 0 saturated carbocycles. The van der Waals surface area contributed by atoms with Crippen LogP contribution in [0, 0.1) is 0 Å². The van der Waals surface area contributed by atoms with Crippen molar-refractivity contribution in [3.63, 3.8) is 0 Å². The fraction of sp³-hybridized carbons (Fsp3) is 0.0541. The van der Waals surface area contributed by atoms with Gasteiger partial charge in [-0.3, -0.25) is 4.98 Å². The maximum Gasteiger partial charge on any atom is 0.151 e. The SMILES string of the molecule is C[Si]1(C)c2ccccc2Oc2c(N(c3ccc(-c4cccc5c4Oc4ccccc4S5)cc3)c3cccnc3)cccc21. The van der Waals surface area contributed by atoms with E-state index in [1.807, 2.05) is 36.7 Å². The summed E-state index contributed by atoms with van der Waals surface area (Å²) in [5, 5.41) is 2.62. The van der Waals surface area contributed by atoms with Gasteiger partial charge in [-0.2, -0.15) is 0 Å². The van der Waals surface area contributed by atoms with Crippen LogP contribution in [0.3, 0.4) is 0 Å². The number of benzene rings is 5. The molecule has 43 heavy (non-hydrogen) atoms. The fourth-order valence-corrected chi connectivity index (χ4v) is 9.90. The van der Waals surface area contributed by atoms with Crippen molar-refractivity contribution < 1.29 is 9.47 Å². The Bertz CT molecular complexity index is 1990. The maximum absolute atomic E-state index is 6.71. The van der Waals surface area contributed by atoms with Crippen LogP contribution in [-0.4, -0.2) is 13.1 Å². The molecule has 4 nitrogen and oxygen atoms in total. The van der Waals surface area contributed by atoms with E-state index < -0.39 is 8.07 Å². The first-order valence-electron chi connectivity index (χ1n) is 14.4. The minimum absolute atomic E-state index is 0.897. The number of hydrogen-bond acceptors (Lipinski definition) is 5. The van der Waals surface area contributed by atoms with Gasteiger partial charge in [-0.1, -0.05) is 91.6 Å².